The normalized spacial score (nSPS) is 11.9. The SMILES string of the molecule is CCCNc1c(C)c(CC)nc2ccc(C(C)(C)C)cc12. The Morgan fingerprint density at radius 3 is 2.43 bits per heavy atom. The Morgan fingerprint density at radius 2 is 1.86 bits per heavy atom. The van der Waals surface area contributed by atoms with E-state index >= 15 is 0 Å². The molecule has 0 radical (unpaired) electrons. The summed E-state index contributed by atoms with van der Waals surface area (Å²) >= 11 is 0. The average molecular weight is 284 g/mol. The van der Waals surface area contributed by atoms with Crippen molar-refractivity contribution in [3.05, 3.63) is 35.0 Å². The van der Waals surface area contributed by atoms with Gasteiger partial charge in [0.05, 0.1) is 5.52 Å². The minimum absolute atomic E-state index is 0.160. The molecule has 2 rings (SSSR count). The third-order valence-electron chi connectivity index (χ3n) is 4.08. The van der Waals surface area contributed by atoms with Crippen LogP contribution < -0.4 is 5.32 Å². The number of anilines is 1. The number of fused-ring (bicyclic) bond motifs is 1. The molecule has 2 aromatic rings. The lowest BCUT2D eigenvalue weighted by Gasteiger charge is -2.21. The van der Waals surface area contributed by atoms with E-state index in [0.717, 1.165) is 24.9 Å². The molecule has 0 unspecified atom stereocenters. The molecule has 0 saturated carbocycles. The van der Waals surface area contributed by atoms with Crippen LogP contribution in [0.15, 0.2) is 18.2 Å². The van der Waals surface area contributed by atoms with E-state index < -0.39 is 0 Å². The number of rotatable bonds is 4. The number of hydrogen-bond donors (Lipinski definition) is 1. The van der Waals surface area contributed by atoms with Gasteiger partial charge in [-0.1, -0.05) is 40.7 Å². The van der Waals surface area contributed by atoms with Gasteiger partial charge in [0.1, 0.15) is 0 Å². The summed E-state index contributed by atoms with van der Waals surface area (Å²) in [5, 5.41) is 4.87. The van der Waals surface area contributed by atoms with Crippen molar-refractivity contribution in [1.29, 1.82) is 0 Å². The van der Waals surface area contributed by atoms with E-state index in [1.54, 1.807) is 0 Å². The molecule has 2 heteroatoms. The maximum absolute atomic E-state index is 4.85. The quantitative estimate of drug-likeness (QED) is 0.832. The van der Waals surface area contributed by atoms with Gasteiger partial charge in [0.2, 0.25) is 0 Å². The molecule has 21 heavy (non-hydrogen) atoms. The van der Waals surface area contributed by atoms with Crippen molar-refractivity contribution in [1.82, 2.24) is 4.98 Å². The summed E-state index contributed by atoms with van der Waals surface area (Å²) in [7, 11) is 0. The summed E-state index contributed by atoms with van der Waals surface area (Å²) in [6.07, 6.45) is 2.10. The fourth-order valence-corrected chi connectivity index (χ4v) is 2.70. The van der Waals surface area contributed by atoms with E-state index in [9.17, 15) is 0 Å². The monoisotopic (exact) mass is 284 g/mol. The van der Waals surface area contributed by atoms with Crippen LogP contribution >= 0.6 is 0 Å². The number of pyridine rings is 1. The summed E-state index contributed by atoms with van der Waals surface area (Å²) in [5.41, 5.74) is 6.39. The van der Waals surface area contributed by atoms with Crippen molar-refractivity contribution >= 4 is 16.6 Å². The predicted molar refractivity (Wildman–Crippen MR) is 93.3 cm³/mol. The van der Waals surface area contributed by atoms with Crippen LogP contribution in [0.5, 0.6) is 0 Å². The van der Waals surface area contributed by atoms with Crippen molar-refractivity contribution in [2.75, 3.05) is 11.9 Å². The van der Waals surface area contributed by atoms with Gasteiger partial charge in [-0.25, -0.2) is 0 Å². The van der Waals surface area contributed by atoms with Crippen LogP contribution in [0, 0.1) is 6.92 Å². The van der Waals surface area contributed by atoms with Crippen LogP contribution in [-0.4, -0.2) is 11.5 Å². The van der Waals surface area contributed by atoms with E-state index in [0.29, 0.717) is 0 Å². The zero-order valence-electron chi connectivity index (χ0n) is 14.3. The summed E-state index contributed by atoms with van der Waals surface area (Å²) in [6.45, 7) is 14.3. The molecule has 114 valence electrons. The molecule has 2 nitrogen and oxygen atoms in total. The molecule has 0 amide bonds. The Bertz CT molecular complexity index is 636. The van der Waals surface area contributed by atoms with Gasteiger partial charge in [-0.15, -0.1) is 0 Å². The van der Waals surface area contributed by atoms with Crippen molar-refractivity contribution in [2.24, 2.45) is 0 Å². The van der Waals surface area contributed by atoms with Gasteiger partial charge in [-0.2, -0.15) is 0 Å². The number of hydrogen-bond acceptors (Lipinski definition) is 2. The van der Waals surface area contributed by atoms with Crippen molar-refractivity contribution < 1.29 is 0 Å². The van der Waals surface area contributed by atoms with Crippen LogP contribution in [0.25, 0.3) is 10.9 Å². The Kier molecular flexibility index (Phi) is 4.55. The van der Waals surface area contributed by atoms with E-state index in [1.165, 1.54) is 27.9 Å². The fourth-order valence-electron chi connectivity index (χ4n) is 2.70. The molecule has 0 saturated heterocycles. The van der Waals surface area contributed by atoms with Gasteiger partial charge >= 0.3 is 0 Å². The molecular weight excluding hydrogens is 256 g/mol. The number of benzene rings is 1. The second kappa shape index (κ2) is 6.05. The molecule has 0 bridgehead atoms. The highest BCUT2D eigenvalue weighted by Crippen LogP contribution is 2.32. The second-order valence-electron chi connectivity index (χ2n) is 6.82. The van der Waals surface area contributed by atoms with Gasteiger partial charge in [-0.05, 0) is 48.4 Å². The van der Waals surface area contributed by atoms with Crippen molar-refractivity contribution in [3.8, 4) is 0 Å². The first-order valence-corrected chi connectivity index (χ1v) is 8.06. The van der Waals surface area contributed by atoms with E-state index in [-0.39, 0.29) is 5.41 Å². The maximum atomic E-state index is 4.85. The summed E-state index contributed by atoms with van der Waals surface area (Å²) in [5.74, 6) is 0. The first-order chi connectivity index (χ1) is 9.88. The predicted octanol–water partition coefficient (Wildman–Crippen LogP) is 5.23. The van der Waals surface area contributed by atoms with Gasteiger partial charge in [0.25, 0.3) is 0 Å². The molecule has 1 N–H and O–H groups in total. The maximum Gasteiger partial charge on any atom is 0.0726 e. The molecule has 1 aromatic heterocycles. The standard InChI is InChI=1S/C19H28N2/c1-7-11-20-18-13(3)16(8-2)21-17-10-9-14(12-15(17)18)19(4,5)6/h9-10,12H,7-8,11H2,1-6H3,(H,20,21). The Balaban J connectivity index is 2.69. The van der Waals surface area contributed by atoms with Gasteiger partial charge in [0, 0.05) is 23.3 Å². The highest BCUT2D eigenvalue weighted by Gasteiger charge is 2.17. The topological polar surface area (TPSA) is 24.9 Å². The van der Waals surface area contributed by atoms with Gasteiger partial charge in [-0.3, -0.25) is 4.98 Å². The molecule has 0 spiro atoms. The van der Waals surface area contributed by atoms with Crippen LogP contribution in [0.1, 0.15) is 57.9 Å². The van der Waals surface area contributed by atoms with Crippen LogP contribution in [0.3, 0.4) is 0 Å². The molecule has 0 atom stereocenters. The van der Waals surface area contributed by atoms with Crippen molar-refractivity contribution in [3.63, 3.8) is 0 Å². The molecule has 1 heterocycles. The molecule has 0 fully saturated rings. The minimum Gasteiger partial charge on any atom is -0.384 e. The molecule has 0 aliphatic rings. The zero-order chi connectivity index (χ0) is 15.6. The van der Waals surface area contributed by atoms with E-state index in [4.69, 9.17) is 4.98 Å². The molecular formula is C19H28N2. The lowest BCUT2D eigenvalue weighted by molar-refractivity contribution is 0.591. The van der Waals surface area contributed by atoms with Crippen LogP contribution in [0.4, 0.5) is 5.69 Å². The third-order valence-corrected chi connectivity index (χ3v) is 4.08. The number of aryl methyl sites for hydroxylation is 1. The minimum atomic E-state index is 0.160. The zero-order valence-corrected chi connectivity index (χ0v) is 14.3. The Hall–Kier alpha value is -1.57. The first kappa shape index (κ1) is 15.8. The highest BCUT2D eigenvalue weighted by molar-refractivity contribution is 5.94. The highest BCUT2D eigenvalue weighted by atomic mass is 14.9. The number of aromatic nitrogens is 1. The Labute approximate surface area is 129 Å². The summed E-state index contributed by atoms with van der Waals surface area (Å²) in [4.78, 5) is 4.85. The van der Waals surface area contributed by atoms with Crippen LogP contribution in [0.2, 0.25) is 0 Å². The fraction of sp³-hybridized carbons (Fsp3) is 0.526. The number of nitrogens with one attached hydrogen (secondary N) is 1. The van der Waals surface area contributed by atoms with Gasteiger partial charge < -0.3 is 5.32 Å². The summed E-state index contributed by atoms with van der Waals surface area (Å²) < 4.78 is 0. The Morgan fingerprint density at radius 1 is 1.14 bits per heavy atom. The van der Waals surface area contributed by atoms with Gasteiger partial charge in [0.15, 0.2) is 0 Å². The lowest BCUT2D eigenvalue weighted by Crippen LogP contribution is -2.12. The number of nitrogens with zero attached hydrogens (tertiary/aromatic N) is 1. The lowest BCUT2D eigenvalue weighted by atomic mass is 9.86. The largest absolute Gasteiger partial charge is 0.384 e. The average Bonchev–Trinajstić information content (AvgIpc) is 2.44. The van der Waals surface area contributed by atoms with E-state index in [2.05, 4.69) is 65.1 Å². The molecule has 0 aliphatic carbocycles. The van der Waals surface area contributed by atoms with Crippen LogP contribution in [-0.2, 0) is 11.8 Å². The molecule has 0 aliphatic heterocycles. The first-order valence-electron chi connectivity index (χ1n) is 8.06. The second-order valence-corrected chi connectivity index (χ2v) is 6.82. The third kappa shape index (κ3) is 3.20. The summed E-state index contributed by atoms with van der Waals surface area (Å²) in [6, 6.07) is 6.70. The van der Waals surface area contributed by atoms with Crippen molar-refractivity contribution in [2.45, 2.75) is 59.8 Å². The van der Waals surface area contributed by atoms with E-state index in [1.807, 2.05) is 0 Å². The smallest absolute Gasteiger partial charge is 0.0726 e. The molecule has 1 aromatic carbocycles.